The van der Waals surface area contributed by atoms with Crippen LogP contribution in [-0.4, -0.2) is 26.8 Å². The van der Waals surface area contributed by atoms with Gasteiger partial charge in [0.05, 0.1) is 22.5 Å². The molecule has 0 amide bonds. The number of ether oxygens (including phenoxy) is 1. The maximum absolute atomic E-state index is 13.5. The number of likely N-dealkylation sites (N-methyl/N-ethyl adjacent to an activating group) is 1. The summed E-state index contributed by atoms with van der Waals surface area (Å²) in [6, 6.07) is 3.03. The van der Waals surface area contributed by atoms with E-state index in [9.17, 15) is 4.39 Å². The molecule has 0 spiro atoms. The molecule has 1 aromatic carbocycles. The van der Waals surface area contributed by atoms with E-state index in [-0.39, 0.29) is 5.82 Å². The van der Waals surface area contributed by atoms with E-state index < -0.39 is 0 Å². The molecular formula is C13H18BrFN2O. The van der Waals surface area contributed by atoms with Gasteiger partial charge < -0.3 is 15.4 Å². The second-order valence-corrected chi connectivity index (χ2v) is 5.62. The predicted molar refractivity (Wildman–Crippen MR) is 75.3 cm³/mol. The zero-order valence-electron chi connectivity index (χ0n) is 10.5. The number of anilines is 2. The van der Waals surface area contributed by atoms with Crippen molar-refractivity contribution in [3.05, 3.63) is 22.4 Å². The van der Waals surface area contributed by atoms with Gasteiger partial charge in [-0.2, -0.15) is 0 Å². The molecule has 2 N–H and O–H groups in total. The van der Waals surface area contributed by atoms with E-state index in [0.717, 1.165) is 12.5 Å². The van der Waals surface area contributed by atoms with E-state index in [1.807, 2.05) is 11.9 Å². The lowest BCUT2D eigenvalue weighted by molar-refractivity contribution is 0.131. The van der Waals surface area contributed by atoms with Crippen molar-refractivity contribution in [3.63, 3.8) is 0 Å². The zero-order valence-corrected chi connectivity index (χ0v) is 12.0. The minimum atomic E-state index is -0.301. The maximum Gasteiger partial charge on any atom is 0.139 e. The number of hydrogen-bond donors (Lipinski definition) is 1. The molecule has 0 heterocycles. The summed E-state index contributed by atoms with van der Waals surface area (Å²) >= 11 is 3.12. The third kappa shape index (κ3) is 3.59. The molecule has 5 heteroatoms. The molecule has 0 saturated heterocycles. The molecular weight excluding hydrogens is 299 g/mol. The molecule has 1 aliphatic rings. The highest BCUT2D eigenvalue weighted by Crippen LogP contribution is 2.30. The molecule has 0 atom stereocenters. The van der Waals surface area contributed by atoms with E-state index in [2.05, 4.69) is 15.9 Å². The zero-order chi connectivity index (χ0) is 13.1. The van der Waals surface area contributed by atoms with Crippen molar-refractivity contribution in [2.45, 2.75) is 12.8 Å². The summed E-state index contributed by atoms with van der Waals surface area (Å²) < 4.78 is 19.4. The van der Waals surface area contributed by atoms with E-state index in [1.165, 1.54) is 18.9 Å². The van der Waals surface area contributed by atoms with Gasteiger partial charge in [0.25, 0.3) is 0 Å². The van der Waals surface area contributed by atoms with Gasteiger partial charge in [0, 0.05) is 26.3 Å². The molecule has 0 unspecified atom stereocenters. The Labute approximate surface area is 115 Å². The normalized spacial score (nSPS) is 14.8. The van der Waals surface area contributed by atoms with Crippen LogP contribution in [-0.2, 0) is 4.74 Å². The number of rotatable bonds is 6. The fourth-order valence-electron chi connectivity index (χ4n) is 1.74. The van der Waals surface area contributed by atoms with Crippen LogP contribution in [0.25, 0.3) is 0 Å². The molecule has 100 valence electrons. The highest BCUT2D eigenvalue weighted by atomic mass is 79.9. The highest BCUT2D eigenvalue weighted by Gasteiger charge is 2.21. The van der Waals surface area contributed by atoms with Crippen molar-refractivity contribution in [1.29, 1.82) is 0 Å². The lowest BCUT2D eigenvalue weighted by Gasteiger charge is -2.21. The summed E-state index contributed by atoms with van der Waals surface area (Å²) in [7, 11) is 1.89. The Kier molecular flexibility index (Phi) is 4.45. The SMILES string of the molecule is CN(CCOCC1CC1)c1cc(F)c(Br)cc1N. The van der Waals surface area contributed by atoms with Gasteiger partial charge in [-0.1, -0.05) is 0 Å². The number of nitrogens with zero attached hydrogens (tertiary/aromatic N) is 1. The number of benzene rings is 1. The Morgan fingerprint density at radius 2 is 2.22 bits per heavy atom. The Balaban J connectivity index is 1.86. The monoisotopic (exact) mass is 316 g/mol. The molecule has 0 radical (unpaired) electrons. The predicted octanol–water partition coefficient (Wildman–Crippen LogP) is 3.03. The van der Waals surface area contributed by atoms with Crippen molar-refractivity contribution >= 4 is 27.3 Å². The first-order chi connectivity index (χ1) is 8.58. The second-order valence-electron chi connectivity index (χ2n) is 4.76. The minimum absolute atomic E-state index is 0.301. The lowest BCUT2D eigenvalue weighted by Crippen LogP contribution is -2.24. The Morgan fingerprint density at radius 1 is 1.50 bits per heavy atom. The quantitative estimate of drug-likeness (QED) is 0.647. The number of nitrogens with two attached hydrogens (primary N) is 1. The van der Waals surface area contributed by atoms with E-state index in [4.69, 9.17) is 10.5 Å². The number of nitrogen functional groups attached to an aromatic ring is 1. The lowest BCUT2D eigenvalue weighted by atomic mass is 10.2. The summed E-state index contributed by atoms with van der Waals surface area (Å²) in [5.41, 5.74) is 7.14. The van der Waals surface area contributed by atoms with Crippen LogP contribution in [0.2, 0.25) is 0 Å². The van der Waals surface area contributed by atoms with Crippen LogP contribution in [0.1, 0.15) is 12.8 Å². The molecule has 1 aromatic rings. The van der Waals surface area contributed by atoms with Crippen molar-refractivity contribution in [2.24, 2.45) is 5.92 Å². The van der Waals surface area contributed by atoms with Crippen LogP contribution < -0.4 is 10.6 Å². The van der Waals surface area contributed by atoms with Gasteiger partial charge in [0.1, 0.15) is 5.82 Å². The fourth-order valence-corrected chi connectivity index (χ4v) is 2.10. The molecule has 1 fully saturated rings. The van der Waals surface area contributed by atoms with Crippen LogP contribution in [0.5, 0.6) is 0 Å². The van der Waals surface area contributed by atoms with E-state index >= 15 is 0 Å². The van der Waals surface area contributed by atoms with Gasteiger partial charge in [-0.25, -0.2) is 4.39 Å². The first-order valence-electron chi connectivity index (χ1n) is 6.11. The smallest absolute Gasteiger partial charge is 0.139 e. The van der Waals surface area contributed by atoms with Gasteiger partial charge in [-0.15, -0.1) is 0 Å². The molecule has 0 aromatic heterocycles. The van der Waals surface area contributed by atoms with Crippen LogP contribution >= 0.6 is 15.9 Å². The molecule has 0 aliphatic heterocycles. The third-order valence-corrected chi connectivity index (χ3v) is 3.71. The van der Waals surface area contributed by atoms with Crippen LogP contribution in [0.15, 0.2) is 16.6 Å². The van der Waals surface area contributed by atoms with E-state index in [1.54, 1.807) is 6.07 Å². The van der Waals surface area contributed by atoms with E-state index in [0.29, 0.717) is 29.0 Å². The van der Waals surface area contributed by atoms with Crippen LogP contribution in [0, 0.1) is 11.7 Å². The number of halogens is 2. The topological polar surface area (TPSA) is 38.5 Å². The van der Waals surface area contributed by atoms with Crippen molar-refractivity contribution in [2.75, 3.05) is 37.4 Å². The summed E-state index contributed by atoms with van der Waals surface area (Å²) in [5.74, 6) is 0.468. The van der Waals surface area contributed by atoms with Gasteiger partial charge >= 0.3 is 0 Å². The van der Waals surface area contributed by atoms with Crippen LogP contribution in [0.4, 0.5) is 15.8 Å². The second kappa shape index (κ2) is 5.89. The summed E-state index contributed by atoms with van der Waals surface area (Å²) in [6.07, 6.45) is 2.58. The summed E-state index contributed by atoms with van der Waals surface area (Å²) in [5, 5.41) is 0. The highest BCUT2D eigenvalue weighted by molar-refractivity contribution is 9.10. The largest absolute Gasteiger partial charge is 0.397 e. The van der Waals surface area contributed by atoms with Crippen LogP contribution in [0.3, 0.4) is 0 Å². The Morgan fingerprint density at radius 3 is 2.89 bits per heavy atom. The minimum Gasteiger partial charge on any atom is -0.397 e. The molecule has 18 heavy (non-hydrogen) atoms. The molecule has 1 saturated carbocycles. The Hall–Kier alpha value is -0.810. The first-order valence-corrected chi connectivity index (χ1v) is 6.90. The molecule has 3 nitrogen and oxygen atoms in total. The van der Waals surface area contributed by atoms with Crippen molar-refractivity contribution in [3.8, 4) is 0 Å². The van der Waals surface area contributed by atoms with Gasteiger partial charge in [0.15, 0.2) is 0 Å². The summed E-state index contributed by atoms with van der Waals surface area (Å²) in [4.78, 5) is 1.91. The average molecular weight is 317 g/mol. The maximum atomic E-state index is 13.5. The van der Waals surface area contributed by atoms with Gasteiger partial charge in [0.2, 0.25) is 0 Å². The average Bonchev–Trinajstić information content (AvgIpc) is 3.13. The molecule has 1 aliphatic carbocycles. The van der Waals surface area contributed by atoms with Crippen molar-refractivity contribution in [1.82, 2.24) is 0 Å². The fraction of sp³-hybridized carbons (Fsp3) is 0.538. The Bertz CT molecular complexity index is 424. The third-order valence-electron chi connectivity index (χ3n) is 3.10. The standard InChI is InChI=1S/C13H18BrFN2O/c1-17(4-5-18-8-9-2-3-9)13-7-11(15)10(14)6-12(13)16/h6-7,9H,2-5,8,16H2,1H3. The van der Waals surface area contributed by atoms with Gasteiger partial charge in [-0.3, -0.25) is 0 Å². The molecule has 2 rings (SSSR count). The van der Waals surface area contributed by atoms with Crippen molar-refractivity contribution < 1.29 is 9.13 Å². The van der Waals surface area contributed by atoms with Gasteiger partial charge in [-0.05, 0) is 40.8 Å². The molecule has 0 bridgehead atoms. The summed E-state index contributed by atoms with van der Waals surface area (Å²) in [6.45, 7) is 2.19. The first kappa shape index (κ1) is 13.6. The number of hydrogen-bond acceptors (Lipinski definition) is 3.